The predicted molar refractivity (Wildman–Crippen MR) is 72.6 cm³/mol. The van der Waals surface area contributed by atoms with Crippen LogP contribution in [0.5, 0.6) is 0 Å². The number of aromatic nitrogens is 2. The Hall–Kier alpha value is -1.68. The zero-order valence-corrected chi connectivity index (χ0v) is 11.0. The number of nitrogens with two attached hydrogens (primary N) is 1. The smallest absolute Gasteiger partial charge is 0.233 e. The minimum atomic E-state index is -0.218. The van der Waals surface area contributed by atoms with E-state index in [1.54, 1.807) is 0 Å². The summed E-state index contributed by atoms with van der Waals surface area (Å²) in [5, 5.41) is 8.28. The van der Waals surface area contributed by atoms with E-state index in [2.05, 4.69) is 22.3 Å². The molecule has 1 aromatic heterocycles. The van der Waals surface area contributed by atoms with Gasteiger partial charge in [0.05, 0.1) is 6.04 Å². The summed E-state index contributed by atoms with van der Waals surface area (Å²) in [6.07, 6.45) is 5.58. The van der Waals surface area contributed by atoms with Crippen LogP contribution in [0.4, 0.5) is 0 Å². The van der Waals surface area contributed by atoms with Crippen LogP contribution in [0.2, 0.25) is 0 Å². The Morgan fingerprint density at radius 1 is 1.16 bits per heavy atom. The molecule has 1 atom stereocenters. The van der Waals surface area contributed by atoms with Gasteiger partial charge in [0.25, 0.3) is 0 Å². The Morgan fingerprint density at radius 3 is 2.63 bits per heavy atom. The van der Waals surface area contributed by atoms with Crippen molar-refractivity contribution in [1.82, 2.24) is 10.2 Å². The minimum Gasteiger partial charge on any atom is -0.423 e. The fourth-order valence-electron chi connectivity index (χ4n) is 2.69. The number of benzene rings is 1. The van der Waals surface area contributed by atoms with Crippen LogP contribution in [0, 0.1) is 0 Å². The molecule has 2 N–H and O–H groups in total. The highest BCUT2D eigenvalue weighted by molar-refractivity contribution is 5.16. The number of nitrogens with zero attached hydrogens (tertiary/aromatic N) is 2. The van der Waals surface area contributed by atoms with Gasteiger partial charge in [0.2, 0.25) is 11.8 Å². The zero-order chi connectivity index (χ0) is 13.1. The van der Waals surface area contributed by atoms with E-state index in [0.717, 1.165) is 25.2 Å². The fourth-order valence-corrected chi connectivity index (χ4v) is 2.69. The molecular formula is C15H19N3O. The van der Waals surface area contributed by atoms with Gasteiger partial charge in [-0.05, 0) is 24.8 Å². The van der Waals surface area contributed by atoms with Crippen molar-refractivity contribution in [1.29, 1.82) is 0 Å². The fraction of sp³-hybridized carbons (Fsp3) is 0.467. The van der Waals surface area contributed by atoms with Crippen LogP contribution in [0.15, 0.2) is 34.7 Å². The van der Waals surface area contributed by atoms with Crippen molar-refractivity contribution < 1.29 is 4.42 Å². The van der Waals surface area contributed by atoms with Crippen molar-refractivity contribution in [2.24, 2.45) is 5.73 Å². The predicted octanol–water partition coefficient (Wildman–Crippen LogP) is 2.97. The van der Waals surface area contributed by atoms with Crippen molar-refractivity contribution in [3.05, 3.63) is 47.7 Å². The second-order valence-corrected chi connectivity index (χ2v) is 5.26. The van der Waals surface area contributed by atoms with Crippen LogP contribution in [0.3, 0.4) is 0 Å². The van der Waals surface area contributed by atoms with E-state index in [4.69, 9.17) is 10.2 Å². The number of hydrogen-bond acceptors (Lipinski definition) is 4. The van der Waals surface area contributed by atoms with Crippen molar-refractivity contribution >= 4 is 0 Å². The lowest BCUT2D eigenvalue weighted by molar-refractivity contribution is 0.391. The van der Waals surface area contributed by atoms with Crippen molar-refractivity contribution in [3.63, 3.8) is 0 Å². The molecule has 0 aliphatic heterocycles. The summed E-state index contributed by atoms with van der Waals surface area (Å²) in [6, 6.07) is 9.94. The van der Waals surface area contributed by atoms with Crippen LogP contribution < -0.4 is 5.73 Å². The van der Waals surface area contributed by atoms with Gasteiger partial charge in [-0.15, -0.1) is 10.2 Å². The maximum absolute atomic E-state index is 6.14. The Morgan fingerprint density at radius 2 is 1.89 bits per heavy atom. The lowest BCUT2D eigenvalue weighted by Gasteiger charge is -2.07. The first-order valence-electron chi connectivity index (χ1n) is 6.96. The average molecular weight is 257 g/mol. The monoisotopic (exact) mass is 257 g/mol. The maximum Gasteiger partial charge on any atom is 0.233 e. The molecule has 0 saturated heterocycles. The van der Waals surface area contributed by atoms with E-state index in [0.29, 0.717) is 11.8 Å². The van der Waals surface area contributed by atoms with Crippen LogP contribution in [-0.2, 0) is 6.42 Å². The van der Waals surface area contributed by atoms with Crippen LogP contribution in [-0.4, -0.2) is 10.2 Å². The molecule has 4 heteroatoms. The molecule has 1 aliphatic rings. The summed E-state index contributed by atoms with van der Waals surface area (Å²) >= 11 is 0. The van der Waals surface area contributed by atoms with E-state index in [-0.39, 0.29) is 6.04 Å². The quantitative estimate of drug-likeness (QED) is 0.914. The first-order chi connectivity index (χ1) is 9.33. The summed E-state index contributed by atoms with van der Waals surface area (Å²) in [6.45, 7) is 0. The molecular weight excluding hydrogens is 238 g/mol. The molecule has 3 rings (SSSR count). The molecule has 0 radical (unpaired) electrons. The molecule has 0 amide bonds. The van der Waals surface area contributed by atoms with Gasteiger partial charge < -0.3 is 10.2 Å². The van der Waals surface area contributed by atoms with E-state index in [1.165, 1.54) is 18.4 Å². The van der Waals surface area contributed by atoms with Gasteiger partial charge in [0.1, 0.15) is 0 Å². The Bertz CT molecular complexity index is 517. The number of rotatable bonds is 4. The summed E-state index contributed by atoms with van der Waals surface area (Å²) in [4.78, 5) is 0. The topological polar surface area (TPSA) is 64.9 Å². The molecule has 1 fully saturated rings. The molecule has 2 aromatic rings. The number of hydrogen-bond donors (Lipinski definition) is 1. The zero-order valence-electron chi connectivity index (χ0n) is 11.0. The first kappa shape index (κ1) is 12.4. The van der Waals surface area contributed by atoms with E-state index in [1.807, 2.05) is 18.2 Å². The standard InChI is InChI=1S/C15H19N3O/c16-13(10-11-6-2-1-3-7-11)15-18-17-14(19-15)12-8-4-5-9-12/h1-3,6-7,12-13H,4-5,8-10,16H2. The molecule has 1 aliphatic carbocycles. The molecule has 19 heavy (non-hydrogen) atoms. The first-order valence-corrected chi connectivity index (χ1v) is 6.96. The highest BCUT2D eigenvalue weighted by Gasteiger charge is 2.24. The highest BCUT2D eigenvalue weighted by atomic mass is 16.4. The van der Waals surface area contributed by atoms with Gasteiger partial charge in [-0.25, -0.2) is 0 Å². The summed E-state index contributed by atoms with van der Waals surface area (Å²) in [5.41, 5.74) is 7.33. The van der Waals surface area contributed by atoms with Gasteiger partial charge >= 0.3 is 0 Å². The third-order valence-electron chi connectivity index (χ3n) is 3.78. The molecule has 100 valence electrons. The van der Waals surface area contributed by atoms with Crippen molar-refractivity contribution in [2.75, 3.05) is 0 Å². The lowest BCUT2D eigenvalue weighted by atomic mass is 10.1. The third kappa shape index (κ3) is 2.84. The second-order valence-electron chi connectivity index (χ2n) is 5.26. The maximum atomic E-state index is 6.14. The normalized spacial score (nSPS) is 17.7. The lowest BCUT2D eigenvalue weighted by Crippen LogP contribution is -2.13. The molecule has 4 nitrogen and oxygen atoms in total. The molecule has 1 heterocycles. The third-order valence-corrected chi connectivity index (χ3v) is 3.78. The Labute approximate surface area is 113 Å². The van der Waals surface area contributed by atoms with E-state index < -0.39 is 0 Å². The van der Waals surface area contributed by atoms with Crippen LogP contribution >= 0.6 is 0 Å². The van der Waals surface area contributed by atoms with Gasteiger partial charge in [-0.3, -0.25) is 0 Å². The van der Waals surface area contributed by atoms with Gasteiger partial charge in [-0.2, -0.15) is 0 Å². The molecule has 0 spiro atoms. The minimum absolute atomic E-state index is 0.218. The average Bonchev–Trinajstić information content (AvgIpc) is 3.11. The molecule has 1 aromatic carbocycles. The summed E-state index contributed by atoms with van der Waals surface area (Å²) < 4.78 is 5.75. The molecule has 0 bridgehead atoms. The largest absolute Gasteiger partial charge is 0.423 e. The van der Waals surface area contributed by atoms with Crippen LogP contribution in [0.1, 0.15) is 55.0 Å². The van der Waals surface area contributed by atoms with E-state index >= 15 is 0 Å². The molecule has 1 unspecified atom stereocenters. The SMILES string of the molecule is NC(Cc1ccccc1)c1nnc(C2CCCC2)o1. The molecule has 1 saturated carbocycles. The Balaban J connectivity index is 1.68. The van der Waals surface area contributed by atoms with Gasteiger partial charge in [0.15, 0.2) is 0 Å². The van der Waals surface area contributed by atoms with Gasteiger partial charge in [0, 0.05) is 5.92 Å². The second kappa shape index (κ2) is 5.53. The Kier molecular flexibility index (Phi) is 3.60. The van der Waals surface area contributed by atoms with Gasteiger partial charge in [-0.1, -0.05) is 43.2 Å². The van der Waals surface area contributed by atoms with Crippen molar-refractivity contribution in [2.45, 2.75) is 44.1 Å². The summed E-state index contributed by atoms with van der Waals surface area (Å²) in [5.74, 6) is 1.78. The van der Waals surface area contributed by atoms with Crippen molar-refractivity contribution in [3.8, 4) is 0 Å². The summed E-state index contributed by atoms with van der Waals surface area (Å²) in [7, 11) is 0. The van der Waals surface area contributed by atoms with E-state index in [9.17, 15) is 0 Å². The highest BCUT2D eigenvalue weighted by Crippen LogP contribution is 2.33. The van der Waals surface area contributed by atoms with Crippen LogP contribution in [0.25, 0.3) is 0 Å².